The zero-order chi connectivity index (χ0) is 18.6. The molecule has 1 aromatic rings. The predicted molar refractivity (Wildman–Crippen MR) is 120 cm³/mol. The van der Waals surface area contributed by atoms with Gasteiger partial charge in [0.2, 0.25) is 10.0 Å². The van der Waals surface area contributed by atoms with Gasteiger partial charge in [0.25, 0.3) is 0 Å². The molecule has 0 atom stereocenters. The Kier molecular flexibility index (Phi) is 7.94. The van der Waals surface area contributed by atoms with Crippen molar-refractivity contribution in [1.29, 1.82) is 0 Å². The van der Waals surface area contributed by atoms with Gasteiger partial charge in [-0.15, -0.1) is 24.0 Å². The summed E-state index contributed by atoms with van der Waals surface area (Å²) in [4.78, 5) is 7.26. The molecule has 1 aliphatic carbocycles. The molecule has 0 aromatic heterocycles. The predicted octanol–water partition coefficient (Wildman–Crippen LogP) is 2.73. The number of halogens is 1. The van der Waals surface area contributed by atoms with Crippen molar-refractivity contribution in [2.24, 2.45) is 10.4 Å². The number of nitrogens with zero attached hydrogens (tertiary/aromatic N) is 2. The van der Waals surface area contributed by atoms with Crippen molar-refractivity contribution >= 4 is 40.0 Å². The van der Waals surface area contributed by atoms with Gasteiger partial charge in [0, 0.05) is 26.2 Å². The molecule has 2 fully saturated rings. The Morgan fingerprint density at radius 2 is 1.93 bits per heavy atom. The number of hydrogen-bond acceptors (Lipinski definition) is 3. The van der Waals surface area contributed by atoms with E-state index in [2.05, 4.69) is 26.9 Å². The summed E-state index contributed by atoms with van der Waals surface area (Å²) in [5, 5.41) is 3.34. The van der Waals surface area contributed by atoms with Gasteiger partial charge in [-0.1, -0.05) is 24.1 Å². The van der Waals surface area contributed by atoms with E-state index in [9.17, 15) is 8.42 Å². The summed E-state index contributed by atoms with van der Waals surface area (Å²) >= 11 is 0. The molecule has 3 rings (SSSR count). The van der Waals surface area contributed by atoms with Crippen LogP contribution in [0.4, 0.5) is 0 Å². The first-order valence-electron chi connectivity index (χ1n) is 9.54. The minimum absolute atomic E-state index is 0. The first kappa shape index (κ1) is 22.4. The molecular formula is C19H31IN4O2S. The number of aryl methyl sites for hydroxylation is 1. The van der Waals surface area contributed by atoms with Gasteiger partial charge in [0.05, 0.1) is 11.4 Å². The van der Waals surface area contributed by atoms with Crippen LogP contribution in [0.3, 0.4) is 0 Å². The van der Waals surface area contributed by atoms with Gasteiger partial charge in [-0.2, -0.15) is 0 Å². The summed E-state index contributed by atoms with van der Waals surface area (Å²) in [5.74, 6) is 0.908. The highest BCUT2D eigenvalue weighted by Gasteiger charge is 2.43. The Bertz CT molecular complexity index is 745. The molecule has 1 saturated heterocycles. The molecule has 2 N–H and O–H groups in total. The van der Waals surface area contributed by atoms with E-state index >= 15 is 0 Å². The summed E-state index contributed by atoms with van der Waals surface area (Å²) in [5.41, 5.74) is 1.56. The quantitative estimate of drug-likeness (QED) is 0.270. The van der Waals surface area contributed by atoms with Crippen LogP contribution < -0.4 is 10.0 Å². The summed E-state index contributed by atoms with van der Waals surface area (Å²) in [6, 6.07) is 6.87. The average molecular weight is 506 g/mol. The highest BCUT2D eigenvalue weighted by molar-refractivity contribution is 14.0. The van der Waals surface area contributed by atoms with E-state index < -0.39 is 10.0 Å². The van der Waals surface area contributed by atoms with Gasteiger partial charge in [-0.25, -0.2) is 13.1 Å². The SMILES string of the molecule is CCNC(=NCCNS(=O)(=O)c1ccc(C)cc1)N1CCC2(CCC2)C1.I. The van der Waals surface area contributed by atoms with Crippen LogP contribution in [-0.4, -0.2) is 52.0 Å². The lowest BCUT2D eigenvalue weighted by molar-refractivity contribution is 0.151. The molecule has 0 amide bonds. The summed E-state index contributed by atoms with van der Waals surface area (Å²) in [6.45, 7) is 7.66. The molecule has 27 heavy (non-hydrogen) atoms. The van der Waals surface area contributed by atoms with Crippen LogP contribution in [0.1, 0.15) is 38.2 Å². The minimum Gasteiger partial charge on any atom is -0.357 e. The van der Waals surface area contributed by atoms with E-state index in [0.29, 0.717) is 23.4 Å². The van der Waals surface area contributed by atoms with Crippen LogP contribution in [0.15, 0.2) is 34.2 Å². The van der Waals surface area contributed by atoms with Gasteiger partial charge >= 0.3 is 0 Å². The van der Waals surface area contributed by atoms with Gasteiger partial charge in [-0.05, 0) is 50.7 Å². The number of rotatable bonds is 6. The Morgan fingerprint density at radius 3 is 2.48 bits per heavy atom. The number of likely N-dealkylation sites (tertiary alicyclic amines) is 1. The van der Waals surface area contributed by atoms with Crippen LogP contribution in [0.5, 0.6) is 0 Å². The lowest BCUT2D eigenvalue weighted by Gasteiger charge is -2.38. The standard InChI is InChI=1S/C19H30N4O2S.HI/c1-3-20-18(23-14-11-19(15-23)9-4-10-19)21-12-13-22-26(24,25)17-7-5-16(2)6-8-17;/h5-8,22H,3-4,9-15H2,1-2H3,(H,20,21);1H. The van der Waals surface area contributed by atoms with Crippen LogP contribution in [0.2, 0.25) is 0 Å². The average Bonchev–Trinajstić information content (AvgIpc) is 3.04. The molecule has 0 bridgehead atoms. The molecule has 0 radical (unpaired) electrons. The zero-order valence-electron chi connectivity index (χ0n) is 16.2. The van der Waals surface area contributed by atoms with E-state index in [0.717, 1.165) is 31.2 Å². The van der Waals surface area contributed by atoms with Crippen LogP contribution >= 0.6 is 24.0 Å². The fourth-order valence-corrected chi connectivity index (χ4v) is 4.79. The number of sulfonamides is 1. The lowest BCUT2D eigenvalue weighted by Crippen LogP contribution is -2.43. The summed E-state index contributed by atoms with van der Waals surface area (Å²) in [7, 11) is -3.47. The first-order chi connectivity index (χ1) is 12.4. The van der Waals surface area contributed by atoms with E-state index in [1.807, 2.05) is 6.92 Å². The molecular weight excluding hydrogens is 475 g/mol. The Morgan fingerprint density at radius 1 is 1.22 bits per heavy atom. The number of guanidine groups is 1. The van der Waals surface area contributed by atoms with E-state index in [1.54, 1.807) is 24.3 Å². The van der Waals surface area contributed by atoms with Crippen molar-refractivity contribution < 1.29 is 8.42 Å². The zero-order valence-corrected chi connectivity index (χ0v) is 19.3. The van der Waals surface area contributed by atoms with Gasteiger partial charge in [-0.3, -0.25) is 4.99 Å². The summed E-state index contributed by atoms with van der Waals surface area (Å²) in [6.07, 6.45) is 5.26. The van der Waals surface area contributed by atoms with Crippen molar-refractivity contribution in [2.75, 3.05) is 32.7 Å². The Balaban J connectivity index is 0.00000261. The second-order valence-corrected chi connectivity index (χ2v) is 9.24. The first-order valence-corrected chi connectivity index (χ1v) is 11.0. The third-order valence-electron chi connectivity index (χ3n) is 5.48. The number of hydrogen-bond donors (Lipinski definition) is 2. The highest BCUT2D eigenvalue weighted by Crippen LogP contribution is 2.47. The Hall–Kier alpha value is -0.870. The minimum atomic E-state index is -3.47. The van der Waals surface area contributed by atoms with Crippen molar-refractivity contribution in [3.8, 4) is 0 Å². The third-order valence-corrected chi connectivity index (χ3v) is 6.96. The molecule has 1 aliphatic heterocycles. The molecule has 1 spiro atoms. The van der Waals surface area contributed by atoms with Crippen molar-refractivity contribution in [1.82, 2.24) is 14.9 Å². The lowest BCUT2D eigenvalue weighted by atomic mass is 9.68. The largest absolute Gasteiger partial charge is 0.357 e. The van der Waals surface area contributed by atoms with Crippen molar-refractivity contribution in [3.63, 3.8) is 0 Å². The molecule has 8 heteroatoms. The topological polar surface area (TPSA) is 73.8 Å². The van der Waals surface area contributed by atoms with Gasteiger partial charge < -0.3 is 10.2 Å². The molecule has 1 saturated carbocycles. The second kappa shape index (κ2) is 9.56. The molecule has 1 heterocycles. The van der Waals surface area contributed by atoms with E-state index in [4.69, 9.17) is 0 Å². The maximum atomic E-state index is 12.3. The van der Waals surface area contributed by atoms with E-state index in [1.165, 1.54) is 25.7 Å². The normalized spacial score (nSPS) is 18.9. The van der Waals surface area contributed by atoms with Crippen LogP contribution in [-0.2, 0) is 10.0 Å². The van der Waals surface area contributed by atoms with Crippen molar-refractivity contribution in [3.05, 3.63) is 29.8 Å². The fourth-order valence-electron chi connectivity index (χ4n) is 3.77. The number of benzene rings is 1. The fraction of sp³-hybridized carbons (Fsp3) is 0.632. The van der Waals surface area contributed by atoms with Crippen LogP contribution in [0, 0.1) is 12.3 Å². The molecule has 2 aliphatic rings. The molecule has 1 aromatic carbocycles. The molecule has 0 unspecified atom stereocenters. The van der Waals surface area contributed by atoms with E-state index in [-0.39, 0.29) is 24.0 Å². The van der Waals surface area contributed by atoms with Gasteiger partial charge in [0.15, 0.2) is 5.96 Å². The Labute approximate surface area is 180 Å². The van der Waals surface area contributed by atoms with Gasteiger partial charge in [0.1, 0.15) is 0 Å². The monoisotopic (exact) mass is 506 g/mol. The number of nitrogens with one attached hydrogen (secondary N) is 2. The smallest absolute Gasteiger partial charge is 0.240 e. The maximum Gasteiger partial charge on any atom is 0.240 e. The number of aliphatic imine (C=N–C) groups is 1. The molecule has 6 nitrogen and oxygen atoms in total. The third kappa shape index (κ3) is 5.57. The second-order valence-electron chi connectivity index (χ2n) is 7.47. The molecule has 152 valence electrons. The van der Waals surface area contributed by atoms with Crippen molar-refractivity contribution in [2.45, 2.75) is 44.4 Å². The maximum absolute atomic E-state index is 12.3. The van der Waals surface area contributed by atoms with Crippen LogP contribution in [0.25, 0.3) is 0 Å². The summed E-state index contributed by atoms with van der Waals surface area (Å²) < 4.78 is 27.3. The highest BCUT2D eigenvalue weighted by atomic mass is 127.